The molecule has 3 aromatic rings. The van der Waals surface area contributed by atoms with Crippen LogP contribution in [0, 0.1) is 0 Å². The molecular formula is C15H16N4OS4. The minimum Gasteiger partial charge on any atom is -0.301 e. The zero-order valence-electron chi connectivity index (χ0n) is 13.0. The standard InChI is InChI=1S/C15H16N4OS4/c1-2-21-15-19-18-13(24-15)17-12(20)8-5-9-22-14-16-10-6-3-4-7-11(10)23-14/h3-4,6-7H,2,5,8-9H2,1H3,(H,17,18,20). The second-order valence-corrected chi connectivity index (χ2v) is 9.62. The predicted octanol–water partition coefficient (Wildman–Crippen LogP) is 4.77. The van der Waals surface area contributed by atoms with Gasteiger partial charge in [-0.1, -0.05) is 53.9 Å². The van der Waals surface area contributed by atoms with Crippen LogP contribution in [0.15, 0.2) is 32.9 Å². The lowest BCUT2D eigenvalue weighted by atomic mass is 10.3. The van der Waals surface area contributed by atoms with Crippen LogP contribution in [0.5, 0.6) is 0 Å². The van der Waals surface area contributed by atoms with Crippen molar-refractivity contribution in [2.45, 2.75) is 28.4 Å². The number of fused-ring (bicyclic) bond motifs is 1. The fourth-order valence-electron chi connectivity index (χ4n) is 1.93. The van der Waals surface area contributed by atoms with Gasteiger partial charge in [-0.25, -0.2) is 4.98 Å². The number of hydrogen-bond acceptors (Lipinski definition) is 8. The number of hydrogen-bond donors (Lipinski definition) is 1. The normalized spacial score (nSPS) is 11.0. The van der Waals surface area contributed by atoms with Gasteiger partial charge in [0.05, 0.1) is 10.2 Å². The molecule has 2 aromatic heterocycles. The van der Waals surface area contributed by atoms with Gasteiger partial charge in [0.2, 0.25) is 11.0 Å². The lowest BCUT2D eigenvalue weighted by Crippen LogP contribution is -2.11. The molecule has 1 N–H and O–H groups in total. The Hall–Kier alpha value is -1.16. The first-order valence-corrected chi connectivity index (χ1v) is 11.1. The summed E-state index contributed by atoms with van der Waals surface area (Å²) < 4.78 is 3.15. The molecule has 0 unspecified atom stereocenters. The SMILES string of the molecule is CCSc1nnc(NC(=O)CCCSc2nc3ccccc3s2)s1. The number of aromatic nitrogens is 3. The van der Waals surface area contributed by atoms with Crippen LogP contribution < -0.4 is 5.32 Å². The molecule has 9 heteroatoms. The Morgan fingerprint density at radius 2 is 2.04 bits per heavy atom. The van der Waals surface area contributed by atoms with Crippen LogP contribution in [0.2, 0.25) is 0 Å². The fraction of sp³-hybridized carbons (Fsp3) is 0.333. The van der Waals surface area contributed by atoms with Crippen LogP contribution in [-0.4, -0.2) is 32.6 Å². The average Bonchev–Trinajstić information content (AvgIpc) is 3.18. The molecule has 0 saturated heterocycles. The molecule has 0 aliphatic carbocycles. The zero-order valence-corrected chi connectivity index (χ0v) is 16.3. The summed E-state index contributed by atoms with van der Waals surface area (Å²) >= 11 is 6.45. The van der Waals surface area contributed by atoms with Crippen LogP contribution in [0.25, 0.3) is 10.2 Å². The predicted molar refractivity (Wildman–Crippen MR) is 105 cm³/mol. The van der Waals surface area contributed by atoms with Crippen molar-refractivity contribution < 1.29 is 4.79 Å². The maximum absolute atomic E-state index is 11.9. The van der Waals surface area contributed by atoms with E-state index in [1.165, 1.54) is 16.0 Å². The minimum atomic E-state index is -0.0101. The molecule has 0 spiro atoms. The summed E-state index contributed by atoms with van der Waals surface area (Å²) in [5.41, 5.74) is 1.04. The smallest absolute Gasteiger partial charge is 0.226 e. The number of rotatable bonds is 8. The summed E-state index contributed by atoms with van der Waals surface area (Å²) in [6, 6.07) is 8.13. The Morgan fingerprint density at radius 3 is 2.88 bits per heavy atom. The van der Waals surface area contributed by atoms with Crippen molar-refractivity contribution in [3.8, 4) is 0 Å². The molecule has 0 fully saturated rings. The number of thiazole rings is 1. The lowest BCUT2D eigenvalue weighted by molar-refractivity contribution is -0.116. The van der Waals surface area contributed by atoms with E-state index in [0.717, 1.165) is 32.1 Å². The van der Waals surface area contributed by atoms with Crippen LogP contribution in [0.3, 0.4) is 0 Å². The Labute approximate surface area is 156 Å². The molecule has 126 valence electrons. The summed E-state index contributed by atoms with van der Waals surface area (Å²) in [5, 5.41) is 11.4. The Bertz CT molecular complexity index is 784. The van der Waals surface area contributed by atoms with Crippen LogP contribution >= 0.6 is 46.2 Å². The highest BCUT2D eigenvalue weighted by molar-refractivity contribution is 8.01. The molecule has 0 atom stereocenters. The van der Waals surface area contributed by atoms with Crippen molar-refractivity contribution in [1.29, 1.82) is 0 Å². The second-order valence-electron chi connectivity index (χ2n) is 4.75. The number of carbonyl (C=O) groups is 1. The van der Waals surface area contributed by atoms with E-state index in [1.54, 1.807) is 34.9 Å². The van der Waals surface area contributed by atoms with Gasteiger partial charge in [0.15, 0.2) is 8.68 Å². The molecule has 24 heavy (non-hydrogen) atoms. The number of nitrogens with zero attached hydrogens (tertiary/aromatic N) is 3. The second kappa shape index (κ2) is 8.80. The molecular weight excluding hydrogens is 380 g/mol. The van der Waals surface area contributed by atoms with E-state index in [1.807, 2.05) is 18.2 Å². The van der Waals surface area contributed by atoms with E-state index in [2.05, 4.69) is 33.5 Å². The quantitative estimate of drug-likeness (QED) is 0.336. The maximum atomic E-state index is 11.9. The van der Waals surface area contributed by atoms with Gasteiger partial charge in [-0.3, -0.25) is 4.79 Å². The molecule has 1 aromatic carbocycles. The van der Waals surface area contributed by atoms with Gasteiger partial charge >= 0.3 is 0 Å². The minimum absolute atomic E-state index is 0.0101. The highest BCUT2D eigenvalue weighted by Crippen LogP contribution is 2.30. The van der Waals surface area contributed by atoms with Crippen molar-refractivity contribution in [2.24, 2.45) is 0 Å². The van der Waals surface area contributed by atoms with E-state index in [0.29, 0.717) is 11.6 Å². The molecule has 0 aliphatic heterocycles. The molecule has 5 nitrogen and oxygen atoms in total. The van der Waals surface area contributed by atoms with Gasteiger partial charge in [-0.2, -0.15) is 0 Å². The first kappa shape index (κ1) is 17.7. The number of benzene rings is 1. The number of anilines is 1. The van der Waals surface area contributed by atoms with Gasteiger partial charge in [0, 0.05) is 12.2 Å². The molecule has 0 radical (unpaired) electrons. The highest BCUT2D eigenvalue weighted by Gasteiger charge is 2.09. The first-order valence-electron chi connectivity index (χ1n) is 7.49. The Balaban J connectivity index is 1.40. The molecule has 0 aliphatic rings. The Kier molecular flexibility index (Phi) is 6.47. The summed E-state index contributed by atoms with van der Waals surface area (Å²) in [5.74, 6) is 1.82. The monoisotopic (exact) mass is 396 g/mol. The van der Waals surface area contributed by atoms with Crippen molar-refractivity contribution >= 4 is 67.5 Å². The van der Waals surface area contributed by atoms with Crippen LogP contribution in [0.1, 0.15) is 19.8 Å². The fourth-order valence-corrected chi connectivity index (χ4v) is 5.67. The third-order valence-electron chi connectivity index (χ3n) is 2.97. The third kappa shape index (κ3) is 4.92. The van der Waals surface area contributed by atoms with E-state index in [-0.39, 0.29) is 5.91 Å². The molecule has 1 amide bonds. The van der Waals surface area contributed by atoms with Gasteiger partial charge in [-0.15, -0.1) is 21.5 Å². The summed E-state index contributed by atoms with van der Waals surface area (Å²) in [7, 11) is 0. The molecule has 2 heterocycles. The van der Waals surface area contributed by atoms with Gasteiger partial charge in [0.1, 0.15) is 0 Å². The average molecular weight is 397 g/mol. The van der Waals surface area contributed by atoms with E-state index >= 15 is 0 Å². The summed E-state index contributed by atoms with van der Waals surface area (Å²) in [6.45, 7) is 2.06. The molecule has 0 bridgehead atoms. The third-order valence-corrected chi connectivity index (χ3v) is 7.09. The number of para-hydroxylation sites is 1. The van der Waals surface area contributed by atoms with E-state index in [4.69, 9.17) is 0 Å². The zero-order chi connectivity index (χ0) is 16.8. The van der Waals surface area contributed by atoms with Gasteiger partial charge in [-0.05, 0) is 24.3 Å². The summed E-state index contributed by atoms with van der Waals surface area (Å²) in [6.07, 6.45) is 1.29. The van der Waals surface area contributed by atoms with Gasteiger partial charge in [0.25, 0.3) is 0 Å². The number of carbonyl (C=O) groups excluding carboxylic acids is 1. The topological polar surface area (TPSA) is 67.8 Å². The van der Waals surface area contributed by atoms with E-state index in [9.17, 15) is 4.79 Å². The van der Waals surface area contributed by atoms with Crippen LogP contribution in [-0.2, 0) is 4.79 Å². The molecule has 3 rings (SSSR count). The van der Waals surface area contributed by atoms with E-state index < -0.39 is 0 Å². The van der Waals surface area contributed by atoms with Crippen molar-refractivity contribution in [1.82, 2.24) is 15.2 Å². The summed E-state index contributed by atoms with van der Waals surface area (Å²) in [4.78, 5) is 16.5. The largest absolute Gasteiger partial charge is 0.301 e. The maximum Gasteiger partial charge on any atom is 0.226 e. The van der Waals surface area contributed by atoms with Crippen molar-refractivity contribution in [2.75, 3.05) is 16.8 Å². The van der Waals surface area contributed by atoms with Crippen molar-refractivity contribution in [3.63, 3.8) is 0 Å². The van der Waals surface area contributed by atoms with Gasteiger partial charge < -0.3 is 5.32 Å². The van der Waals surface area contributed by atoms with Crippen molar-refractivity contribution in [3.05, 3.63) is 24.3 Å². The lowest BCUT2D eigenvalue weighted by Gasteiger charge is -2.00. The number of nitrogens with one attached hydrogen (secondary N) is 1. The molecule has 0 saturated carbocycles. The van der Waals surface area contributed by atoms with Crippen LogP contribution in [0.4, 0.5) is 5.13 Å². The number of thioether (sulfide) groups is 2. The Morgan fingerprint density at radius 1 is 1.17 bits per heavy atom. The first-order chi connectivity index (χ1) is 11.7. The number of amides is 1. The highest BCUT2D eigenvalue weighted by atomic mass is 32.2.